The van der Waals surface area contributed by atoms with Crippen LogP contribution in [0, 0.1) is 5.92 Å². The number of hydrogen-bond donors (Lipinski definition) is 1. The minimum atomic E-state index is -0.305. The van der Waals surface area contributed by atoms with E-state index in [2.05, 4.69) is 11.4 Å². The maximum Gasteiger partial charge on any atom is 0.230 e. The highest BCUT2D eigenvalue weighted by molar-refractivity contribution is 7.10. The molecular weight excluding hydrogens is 258 g/mol. The molecule has 1 amide bonds. The highest BCUT2D eigenvalue weighted by Gasteiger charge is 2.35. The highest BCUT2D eigenvalue weighted by Crippen LogP contribution is 2.37. The van der Waals surface area contributed by atoms with Gasteiger partial charge in [0.2, 0.25) is 5.91 Å². The number of aryl methyl sites for hydroxylation is 1. The SMILES string of the molecule is CC(O)C1CCN(C(=O)C2CCCc3sccc32)C1. The Kier molecular flexibility index (Phi) is 3.63. The fourth-order valence-corrected chi connectivity index (χ4v) is 4.33. The minimum absolute atomic E-state index is 0.0720. The van der Waals surface area contributed by atoms with Gasteiger partial charge in [-0.25, -0.2) is 0 Å². The van der Waals surface area contributed by atoms with Gasteiger partial charge in [-0.3, -0.25) is 4.79 Å². The maximum atomic E-state index is 12.7. The van der Waals surface area contributed by atoms with Gasteiger partial charge in [0, 0.05) is 23.9 Å². The Morgan fingerprint density at radius 1 is 1.53 bits per heavy atom. The summed E-state index contributed by atoms with van der Waals surface area (Å²) in [6.45, 7) is 3.37. The zero-order valence-corrected chi connectivity index (χ0v) is 12.2. The van der Waals surface area contributed by atoms with Crippen molar-refractivity contribution in [3.63, 3.8) is 0 Å². The number of carbonyl (C=O) groups is 1. The molecule has 1 aliphatic heterocycles. The van der Waals surface area contributed by atoms with Crippen molar-refractivity contribution in [2.45, 2.75) is 44.6 Å². The van der Waals surface area contributed by atoms with Crippen molar-refractivity contribution in [2.24, 2.45) is 5.92 Å². The van der Waals surface area contributed by atoms with Crippen LogP contribution in [0.5, 0.6) is 0 Å². The normalized spacial score (nSPS) is 28.2. The third kappa shape index (κ3) is 2.43. The first-order valence-electron chi connectivity index (χ1n) is 7.20. The van der Waals surface area contributed by atoms with E-state index in [0.29, 0.717) is 0 Å². The summed E-state index contributed by atoms with van der Waals surface area (Å²) in [5, 5.41) is 11.8. The van der Waals surface area contributed by atoms with Crippen LogP contribution in [-0.2, 0) is 11.2 Å². The summed E-state index contributed by atoms with van der Waals surface area (Å²) >= 11 is 1.78. The molecule has 3 unspecified atom stereocenters. The molecule has 3 nitrogen and oxygen atoms in total. The van der Waals surface area contributed by atoms with E-state index >= 15 is 0 Å². The Labute approximate surface area is 118 Å². The molecule has 0 spiro atoms. The van der Waals surface area contributed by atoms with E-state index in [1.807, 2.05) is 11.8 Å². The van der Waals surface area contributed by atoms with Gasteiger partial charge in [0.1, 0.15) is 0 Å². The van der Waals surface area contributed by atoms with Crippen LogP contribution in [0.4, 0.5) is 0 Å². The molecule has 2 heterocycles. The quantitative estimate of drug-likeness (QED) is 0.903. The molecule has 1 aromatic heterocycles. The Hall–Kier alpha value is -0.870. The number of carbonyl (C=O) groups excluding carboxylic acids is 1. The van der Waals surface area contributed by atoms with E-state index in [1.165, 1.54) is 10.4 Å². The molecule has 19 heavy (non-hydrogen) atoms. The van der Waals surface area contributed by atoms with Crippen molar-refractivity contribution in [2.75, 3.05) is 13.1 Å². The van der Waals surface area contributed by atoms with Crippen LogP contribution in [-0.4, -0.2) is 35.1 Å². The van der Waals surface area contributed by atoms with Crippen molar-refractivity contribution >= 4 is 17.2 Å². The Bertz CT molecular complexity index is 468. The number of amides is 1. The van der Waals surface area contributed by atoms with Crippen LogP contribution < -0.4 is 0 Å². The molecule has 0 radical (unpaired) electrons. The standard InChI is InChI=1S/C15H21NO2S/c1-10(17)11-5-7-16(9-11)15(18)13-3-2-4-14-12(13)6-8-19-14/h6,8,10-11,13,17H,2-5,7,9H2,1H3. The largest absolute Gasteiger partial charge is 0.393 e. The van der Waals surface area contributed by atoms with Crippen LogP contribution >= 0.6 is 11.3 Å². The molecule has 0 aromatic carbocycles. The zero-order chi connectivity index (χ0) is 13.4. The first-order valence-corrected chi connectivity index (χ1v) is 8.08. The number of aliphatic hydroxyl groups is 1. The lowest BCUT2D eigenvalue weighted by Gasteiger charge is -2.27. The second-order valence-electron chi connectivity index (χ2n) is 5.82. The first-order chi connectivity index (χ1) is 9.16. The summed E-state index contributed by atoms with van der Waals surface area (Å²) in [7, 11) is 0. The molecule has 4 heteroatoms. The van der Waals surface area contributed by atoms with Crippen molar-refractivity contribution < 1.29 is 9.90 Å². The van der Waals surface area contributed by atoms with Gasteiger partial charge in [-0.05, 0) is 49.6 Å². The lowest BCUT2D eigenvalue weighted by Crippen LogP contribution is -2.35. The van der Waals surface area contributed by atoms with Crippen LogP contribution in [0.25, 0.3) is 0 Å². The van der Waals surface area contributed by atoms with Gasteiger partial charge in [-0.15, -0.1) is 11.3 Å². The second-order valence-corrected chi connectivity index (χ2v) is 6.82. The molecule has 2 aliphatic rings. The number of aliphatic hydroxyl groups excluding tert-OH is 1. The number of thiophene rings is 1. The molecule has 104 valence electrons. The summed E-state index contributed by atoms with van der Waals surface area (Å²) in [5.74, 6) is 0.611. The predicted molar refractivity (Wildman–Crippen MR) is 76.4 cm³/mol. The Morgan fingerprint density at radius 3 is 3.11 bits per heavy atom. The van der Waals surface area contributed by atoms with Crippen LogP contribution in [0.2, 0.25) is 0 Å². The first kappa shape index (κ1) is 13.1. The second kappa shape index (κ2) is 5.25. The zero-order valence-electron chi connectivity index (χ0n) is 11.3. The summed E-state index contributed by atoms with van der Waals surface area (Å²) in [4.78, 5) is 16.0. The third-order valence-electron chi connectivity index (χ3n) is 4.57. The molecule has 0 bridgehead atoms. The molecule has 1 aliphatic carbocycles. The van der Waals surface area contributed by atoms with Gasteiger partial charge < -0.3 is 10.0 Å². The van der Waals surface area contributed by atoms with Crippen molar-refractivity contribution in [1.82, 2.24) is 4.90 Å². The van der Waals surface area contributed by atoms with E-state index < -0.39 is 0 Å². The Balaban J connectivity index is 1.73. The topological polar surface area (TPSA) is 40.5 Å². The maximum absolute atomic E-state index is 12.7. The van der Waals surface area contributed by atoms with E-state index in [0.717, 1.165) is 38.8 Å². The number of nitrogens with zero attached hydrogens (tertiary/aromatic N) is 1. The smallest absolute Gasteiger partial charge is 0.230 e. The van der Waals surface area contributed by atoms with Crippen molar-refractivity contribution in [3.8, 4) is 0 Å². The highest BCUT2D eigenvalue weighted by atomic mass is 32.1. The number of hydrogen-bond acceptors (Lipinski definition) is 3. The van der Waals surface area contributed by atoms with E-state index in [-0.39, 0.29) is 23.8 Å². The Morgan fingerprint density at radius 2 is 2.37 bits per heavy atom. The summed E-state index contributed by atoms with van der Waals surface area (Å²) in [6.07, 6.45) is 3.87. The molecular formula is C15H21NO2S. The van der Waals surface area contributed by atoms with Crippen LogP contribution in [0.3, 0.4) is 0 Å². The molecule has 1 fully saturated rings. The molecule has 3 rings (SSSR count). The van der Waals surface area contributed by atoms with E-state index in [4.69, 9.17) is 0 Å². The lowest BCUT2D eigenvalue weighted by atomic mass is 9.87. The van der Waals surface area contributed by atoms with E-state index in [9.17, 15) is 9.90 Å². The molecule has 1 aromatic rings. The van der Waals surface area contributed by atoms with Crippen molar-refractivity contribution in [1.29, 1.82) is 0 Å². The number of fused-ring (bicyclic) bond motifs is 1. The molecule has 1 saturated heterocycles. The van der Waals surface area contributed by atoms with Gasteiger partial charge in [0.15, 0.2) is 0 Å². The van der Waals surface area contributed by atoms with Crippen LogP contribution in [0.15, 0.2) is 11.4 Å². The van der Waals surface area contributed by atoms with Gasteiger partial charge in [-0.1, -0.05) is 0 Å². The fourth-order valence-electron chi connectivity index (χ4n) is 3.34. The average molecular weight is 279 g/mol. The average Bonchev–Trinajstić information content (AvgIpc) is 3.06. The summed E-state index contributed by atoms with van der Waals surface area (Å²) < 4.78 is 0. The van der Waals surface area contributed by atoms with Gasteiger partial charge >= 0.3 is 0 Å². The van der Waals surface area contributed by atoms with Gasteiger partial charge in [-0.2, -0.15) is 0 Å². The molecule has 0 saturated carbocycles. The molecule has 1 N–H and O–H groups in total. The number of rotatable bonds is 2. The monoisotopic (exact) mass is 279 g/mol. The predicted octanol–water partition coefficient (Wildman–Crippen LogP) is 2.40. The van der Waals surface area contributed by atoms with Gasteiger partial charge in [0.05, 0.1) is 12.0 Å². The fraction of sp³-hybridized carbons (Fsp3) is 0.667. The summed E-state index contributed by atoms with van der Waals surface area (Å²) in [5.41, 5.74) is 1.27. The lowest BCUT2D eigenvalue weighted by molar-refractivity contribution is -0.132. The molecule has 3 atom stereocenters. The van der Waals surface area contributed by atoms with Gasteiger partial charge in [0.25, 0.3) is 0 Å². The van der Waals surface area contributed by atoms with Crippen molar-refractivity contribution in [3.05, 3.63) is 21.9 Å². The number of likely N-dealkylation sites (tertiary alicyclic amines) is 1. The van der Waals surface area contributed by atoms with E-state index in [1.54, 1.807) is 11.3 Å². The minimum Gasteiger partial charge on any atom is -0.393 e. The summed E-state index contributed by atoms with van der Waals surface area (Å²) in [6, 6.07) is 2.13. The van der Waals surface area contributed by atoms with Crippen LogP contribution in [0.1, 0.15) is 42.5 Å². The third-order valence-corrected chi connectivity index (χ3v) is 5.57.